The van der Waals surface area contributed by atoms with Crippen LogP contribution in [0, 0.1) is 10.1 Å². The number of amides is 1. The van der Waals surface area contributed by atoms with Gasteiger partial charge in [-0.1, -0.05) is 11.3 Å². The van der Waals surface area contributed by atoms with Crippen LogP contribution in [0.3, 0.4) is 0 Å². The summed E-state index contributed by atoms with van der Waals surface area (Å²) >= 11 is 0.914. The molecule has 0 fully saturated rings. The van der Waals surface area contributed by atoms with Gasteiger partial charge in [-0.2, -0.15) is 5.10 Å². The van der Waals surface area contributed by atoms with Crippen LogP contribution in [0.2, 0.25) is 0 Å². The van der Waals surface area contributed by atoms with Gasteiger partial charge >= 0.3 is 5.00 Å². The first kappa shape index (κ1) is 13.0. The predicted molar refractivity (Wildman–Crippen MR) is 69.8 cm³/mol. The first-order chi connectivity index (χ1) is 8.99. The Balaban J connectivity index is 2.01. The van der Waals surface area contributed by atoms with Crippen LogP contribution in [0.1, 0.15) is 15.9 Å². The van der Waals surface area contributed by atoms with Crippen LogP contribution in [-0.2, 0) is 13.6 Å². The Labute approximate surface area is 112 Å². The average molecular weight is 281 g/mol. The van der Waals surface area contributed by atoms with Gasteiger partial charge in [-0.05, 0) is 0 Å². The summed E-state index contributed by atoms with van der Waals surface area (Å²) in [5.41, 5.74) is 6.69. The zero-order valence-electron chi connectivity index (χ0n) is 9.99. The van der Waals surface area contributed by atoms with Crippen molar-refractivity contribution in [2.75, 3.05) is 5.73 Å². The average Bonchev–Trinajstić information content (AvgIpc) is 2.97. The summed E-state index contributed by atoms with van der Waals surface area (Å²) in [6.45, 7) is 0.224. The lowest BCUT2D eigenvalue weighted by atomic mass is 10.3. The number of nitrogens with zero attached hydrogens (tertiary/aromatic N) is 3. The third-order valence-electron chi connectivity index (χ3n) is 2.53. The van der Waals surface area contributed by atoms with E-state index in [-0.39, 0.29) is 23.0 Å². The molecular formula is C10H11N5O3S. The molecule has 0 aliphatic heterocycles. The van der Waals surface area contributed by atoms with Gasteiger partial charge in [0, 0.05) is 30.6 Å². The molecule has 0 aliphatic rings. The van der Waals surface area contributed by atoms with E-state index in [4.69, 9.17) is 5.73 Å². The van der Waals surface area contributed by atoms with E-state index in [1.165, 1.54) is 16.1 Å². The molecule has 0 aromatic carbocycles. The summed E-state index contributed by atoms with van der Waals surface area (Å²) in [4.78, 5) is 21.8. The normalized spacial score (nSPS) is 10.4. The van der Waals surface area contributed by atoms with E-state index >= 15 is 0 Å². The van der Waals surface area contributed by atoms with Crippen LogP contribution in [-0.4, -0.2) is 20.6 Å². The smallest absolute Gasteiger partial charge is 0.324 e. The highest BCUT2D eigenvalue weighted by Crippen LogP contribution is 2.22. The van der Waals surface area contributed by atoms with Crippen molar-refractivity contribution in [3.8, 4) is 0 Å². The van der Waals surface area contributed by atoms with Crippen LogP contribution >= 0.6 is 11.3 Å². The second-order valence-electron chi connectivity index (χ2n) is 3.79. The molecule has 0 atom stereocenters. The molecule has 9 heteroatoms. The summed E-state index contributed by atoms with van der Waals surface area (Å²) in [6, 6.07) is 1.24. The third-order valence-corrected chi connectivity index (χ3v) is 3.41. The fraction of sp³-hybridized carbons (Fsp3) is 0.200. The van der Waals surface area contributed by atoms with Crippen molar-refractivity contribution in [1.82, 2.24) is 15.1 Å². The highest BCUT2D eigenvalue weighted by atomic mass is 32.1. The molecule has 0 saturated carbocycles. The molecule has 2 aromatic rings. The highest BCUT2D eigenvalue weighted by molar-refractivity contribution is 7.13. The summed E-state index contributed by atoms with van der Waals surface area (Å²) in [6.07, 6.45) is 1.56. The maximum Gasteiger partial charge on any atom is 0.324 e. The van der Waals surface area contributed by atoms with Crippen molar-refractivity contribution in [2.45, 2.75) is 6.54 Å². The molecule has 2 heterocycles. The number of aromatic nitrogens is 2. The summed E-state index contributed by atoms with van der Waals surface area (Å²) in [7, 11) is 1.70. The van der Waals surface area contributed by atoms with Crippen LogP contribution in [0.5, 0.6) is 0 Å². The van der Waals surface area contributed by atoms with Gasteiger partial charge in [0.05, 0.1) is 16.7 Å². The van der Waals surface area contributed by atoms with Gasteiger partial charge in [0.15, 0.2) is 0 Å². The monoisotopic (exact) mass is 281 g/mol. The van der Waals surface area contributed by atoms with Crippen LogP contribution in [0.15, 0.2) is 17.6 Å². The van der Waals surface area contributed by atoms with Crippen LogP contribution in [0.25, 0.3) is 0 Å². The molecule has 3 N–H and O–H groups in total. The minimum Gasteiger partial charge on any atom is -0.384 e. The van der Waals surface area contributed by atoms with Crippen LogP contribution in [0.4, 0.5) is 10.8 Å². The van der Waals surface area contributed by atoms with Gasteiger partial charge in [0.25, 0.3) is 5.91 Å². The lowest BCUT2D eigenvalue weighted by Gasteiger charge is -2.02. The van der Waals surface area contributed by atoms with E-state index in [1.807, 2.05) is 0 Å². The molecule has 2 aromatic heterocycles. The Morgan fingerprint density at radius 3 is 2.95 bits per heavy atom. The Morgan fingerprint density at radius 1 is 1.68 bits per heavy atom. The van der Waals surface area contributed by atoms with Gasteiger partial charge in [-0.15, -0.1) is 0 Å². The summed E-state index contributed by atoms with van der Waals surface area (Å²) in [5.74, 6) is 0.0872. The van der Waals surface area contributed by atoms with E-state index in [0.717, 1.165) is 11.3 Å². The molecule has 2 rings (SSSR count). The maximum absolute atomic E-state index is 11.8. The Morgan fingerprint density at radius 2 is 2.42 bits per heavy atom. The molecule has 0 radical (unpaired) electrons. The SMILES string of the molecule is Cn1ncc(CNC(=O)c2csc([N+](=O)[O-])c2)c1N. The number of hydrogen-bond donors (Lipinski definition) is 2. The molecular weight excluding hydrogens is 270 g/mol. The number of nitrogen functional groups attached to an aromatic ring is 1. The molecule has 0 aliphatic carbocycles. The number of carbonyl (C=O) groups is 1. The third kappa shape index (κ3) is 2.71. The van der Waals surface area contributed by atoms with Gasteiger partial charge in [-0.3, -0.25) is 19.6 Å². The predicted octanol–water partition coefficient (Wildman–Crippen LogP) is 0.902. The van der Waals surface area contributed by atoms with E-state index in [2.05, 4.69) is 10.4 Å². The lowest BCUT2D eigenvalue weighted by Crippen LogP contribution is -2.22. The Hall–Kier alpha value is -2.42. The molecule has 1 amide bonds. The second kappa shape index (κ2) is 5.06. The first-order valence-corrected chi connectivity index (χ1v) is 6.14. The number of nitrogens with one attached hydrogen (secondary N) is 1. The maximum atomic E-state index is 11.8. The van der Waals surface area contributed by atoms with Crippen molar-refractivity contribution in [3.05, 3.63) is 38.9 Å². The van der Waals surface area contributed by atoms with Gasteiger partial charge in [-0.25, -0.2) is 0 Å². The van der Waals surface area contributed by atoms with Crippen LogP contribution < -0.4 is 11.1 Å². The van der Waals surface area contributed by atoms with E-state index in [0.29, 0.717) is 11.4 Å². The van der Waals surface area contributed by atoms with E-state index in [1.54, 1.807) is 13.2 Å². The zero-order chi connectivity index (χ0) is 14.0. The molecule has 0 saturated heterocycles. The fourth-order valence-corrected chi connectivity index (χ4v) is 2.15. The van der Waals surface area contributed by atoms with Crippen molar-refractivity contribution in [3.63, 3.8) is 0 Å². The summed E-state index contributed by atoms with van der Waals surface area (Å²) < 4.78 is 1.50. The molecule has 19 heavy (non-hydrogen) atoms. The number of carbonyl (C=O) groups excluding carboxylic acids is 1. The van der Waals surface area contributed by atoms with Gasteiger partial charge in [0.2, 0.25) is 0 Å². The Kier molecular flexibility index (Phi) is 3.47. The number of anilines is 1. The number of hydrogen-bond acceptors (Lipinski definition) is 6. The second-order valence-corrected chi connectivity index (χ2v) is 4.68. The molecule has 0 spiro atoms. The first-order valence-electron chi connectivity index (χ1n) is 5.26. The minimum atomic E-state index is -0.527. The van der Waals surface area contributed by atoms with Gasteiger partial charge in [0.1, 0.15) is 5.82 Å². The number of aryl methyl sites for hydroxylation is 1. The summed E-state index contributed by atoms with van der Waals surface area (Å²) in [5, 5.41) is 18.5. The number of thiophene rings is 1. The van der Waals surface area contributed by atoms with Crippen molar-refractivity contribution < 1.29 is 9.72 Å². The quantitative estimate of drug-likeness (QED) is 0.638. The largest absolute Gasteiger partial charge is 0.384 e. The minimum absolute atomic E-state index is 0.0639. The molecule has 0 unspecified atom stereocenters. The highest BCUT2D eigenvalue weighted by Gasteiger charge is 2.15. The van der Waals surface area contributed by atoms with Crippen molar-refractivity contribution in [1.29, 1.82) is 0 Å². The number of nitro groups is 1. The van der Waals surface area contributed by atoms with E-state index < -0.39 is 4.92 Å². The number of nitrogens with two attached hydrogens (primary N) is 1. The van der Waals surface area contributed by atoms with Crippen molar-refractivity contribution in [2.24, 2.45) is 7.05 Å². The topological polar surface area (TPSA) is 116 Å². The Bertz CT molecular complexity index is 633. The molecule has 100 valence electrons. The standard InChI is InChI=1S/C10H11N5O3S/c1-14-9(11)7(4-13-14)3-12-10(16)6-2-8(15(17)18)19-5-6/h2,4-5H,3,11H2,1H3,(H,12,16). The number of rotatable bonds is 4. The molecule has 8 nitrogen and oxygen atoms in total. The van der Waals surface area contributed by atoms with E-state index in [9.17, 15) is 14.9 Å². The fourth-order valence-electron chi connectivity index (χ4n) is 1.45. The molecule has 0 bridgehead atoms. The van der Waals surface area contributed by atoms with Crippen molar-refractivity contribution >= 4 is 28.1 Å². The lowest BCUT2D eigenvalue weighted by molar-refractivity contribution is -0.380. The zero-order valence-corrected chi connectivity index (χ0v) is 10.8. The van der Waals surface area contributed by atoms with Gasteiger partial charge < -0.3 is 11.1 Å².